The van der Waals surface area contributed by atoms with Gasteiger partial charge >= 0.3 is 6.18 Å². The van der Waals surface area contributed by atoms with Gasteiger partial charge in [-0.1, -0.05) is 36.4 Å². The van der Waals surface area contributed by atoms with Gasteiger partial charge in [0.15, 0.2) is 5.96 Å². The minimum absolute atomic E-state index is 0.00847. The molecule has 6 N–H and O–H groups in total. The first kappa shape index (κ1) is 25.5. The molecule has 0 aliphatic rings. The van der Waals surface area contributed by atoms with E-state index in [1.165, 1.54) is 12.1 Å². The average molecular weight is 486 g/mol. The summed E-state index contributed by atoms with van der Waals surface area (Å²) >= 11 is 0. The van der Waals surface area contributed by atoms with Crippen LogP contribution in [0.5, 0.6) is 0 Å². The molecule has 35 heavy (non-hydrogen) atoms. The Morgan fingerprint density at radius 3 is 2.37 bits per heavy atom. The van der Waals surface area contributed by atoms with Gasteiger partial charge in [0.25, 0.3) is 5.91 Å². The Kier molecular flexibility index (Phi) is 8.24. The van der Waals surface area contributed by atoms with E-state index in [1.54, 1.807) is 12.3 Å². The number of hydrogen-bond donors (Lipinski definition) is 4. The van der Waals surface area contributed by atoms with Gasteiger partial charge in [0.2, 0.25) is 5.91 Å². The Morgan fingerprint density at radius 2 is 1.71 bits per heavy atom. The van der Waals surface area contributed by atoms with Gasteiger partial charge in [-0.25, -0.2) is 0 Å². The van der Waals surface area contributed by atoms with Crippen LogP contribution < -0.4 is 22.1 Å². The predicted octanol–water partition coefficient (Wildman–Crippen LogP) is 2.72. The summed E-state index contributed by atoms with van der Waals surface area (Å²) in [7, 11) is 0. The highest BCUT2D eigenvalue weighted by molar-refractivity contribution is 5.98. The molecule has 3 aromatic rings. The standard InChI is InChI=1S/C24H25F3N6O2/c25-24(26,27)18-9-7-15(8-10-18)13-32-21(34)19(6-3-11-30-23(28)29)33-22(35)20-12-16-4-1-2-5-17(16)14-31-20/h1-2,4-5,7-10,12,14,19H,3,6,11,13H2,(H,32,34)(H,33,35)(H4,28,29,30)/t19-/m0/s1. The number of guanidine groups is 1. The summed E-state index contributed by atoms with van der Waals surface area (Å²) < 4.78 is 38.2. The van der Waals surface area contributed by atoms with E-state index in [2.05, 4.69) is 20.6 Å². The van der Waals surface area contributed by atoms with E-state index in [0.29, 0.717) is 12.0 Å². The van der Waals surface area contributed by atoms with Crippen LogP contribution in [0.2, 0.25) is 0 Å². The molecule has 11 heteroatoms. The first-order valence-electron chi connectivity index (χ1n) is 10.8. The molecule has 1 heterocycles. The Balaban J connectivity index is 1.68. The van der Waals surface area contributed by atoms with Crippen molar-refractivity contribution in [2.24, 2.45) is 16.5 Å². The number of fused-ring (bicyclic) bond motifs is 1. The molecule has 0 fully saturated rings. The highest BCUT2D eigenvalue weighted by Crippen LogP contribution is 2.29. The Labute approximate surface area is 199 Å². The van der Waals surface area contributed by atoms with Crippen LogP contribution in [0.1, 0.15) is 34.5 Å². The SMILES string of the molecule is NC(N)=NCCC[C@H](NC(=O)c1cc2ccccc2cn1)C(=O)NCc1ccc(C(F)(F)F)cc1. The molecule has 8 nitrogen and oxygen atoms in total. The van der Waals surface area contributed by atoms with Gasteiger partial charge in [-0.2, -0.15) is 13.2 Å². The zero-order valence-corrected chi connectivity index (χ0v) is 18.7. The number of alkyl halides is 3. The monoisotopic (exact) mass is 486 g/mol. The smallest absolute Gasteiger partial charge is 0.370 e. The van der Waals surface area contributed by atoms with Crippen LogP contribution in [0.4, 0.5) is 13.2 Å². The van der Waals surface area contributed by atoms with E-state index in [1.807, 2.05) is 24.3 Å². The molecule has 184 valence electrons. The van der Waals surface area contributed by atoms with E-state index in [9.17, 15) is 22.8 Å². The molecular formula is C24H25F3N6O2. The lowest BCUT2D eigenvalue weighted by molar-refractivity contribution is -0.137. The molecular weight excluding hydrogens is 461 g/mol. The van der Waals surface area contributed by atoms with Gasteiger partial charge in [-0.05, 0) is 42.0 Å². The van der Waals surface area contributed by atoms with Gasteiger partial charge in [-0.15, -0.1) is 0 Å². The molecule has 0 radical (unpaired) electrons. The van der Waals surface area contributed by atoms with Crippen LogP contribution in [-0.4, -0.2) is 35.3 Å². The van der Waals surface area contributed by atoms with Crippen molar-refractivity contribution < 1.29 is 22.8 Å². The van der Waals surface area contributed by atoms with Gasteiger partial charge < -0.3 is 22.1 Å². The van der Waals surface area contributed by atoms with E-state index in [0.717, 1.165) is 22.9 Å². The molecule has 0 aliphatic carbocycles. The number of aromatic nitrogens is 1. The summed E-state index contributed by atoms with van der Waals surface area (Å²) in [5, 5.41) is 7.02. The molecule has 0 saturated heterocycles. The largest absolute Gasteiger partial charge is 0.416 e. The maximum atomic E-state index is 12.8. The summed E-state index contributed by atoms with van der Waals surface area (Å²) in [5.41, 5.74) is 10.5. The second kappa shape index (κ2) is 11.3. The second-order valence-electron chi connectivity index (χ2n) is 7.80. The maximum absolute atomic E-state index is 12.8. The third kappa shape index (κ3) is 7.42. The van der Waals surface area contributed by atoms with Crippen molar-refractivity contribution in [3.8, 4) is 0 Å². The van der Waals surface area contributed by atoms with Crippen molar-refractivity contribution in [1.29, 1.82) is 0 Å². The fourth-order valence-corrected chi connectivity index (χ4v) is 3.34. The maximum Gasteiger partial charge on any atom is 0.416 e. The Bertz CT molecular complexity index is 1210. The number of halogens is 3. The second-order valence-corrected chi connectivity index (χ2v) is 7.80. The quantitative estimate of drug-likeness (QED) is 0.210. The van der Waals surface area contributed by atoms with Crippen molar-refractivity contribution in [1.82, 2.24) is 15.6 Å². The van der Waals surface area contributed by atoms with Gasteiger partial charge in [0.05, 0.1) is 5.56 Å². The van der Waals surface area contributed by atoms with Crippen molar-refractivity contribution in [3.63, 3.8) is 0 Å². The number of carbonyl (C=O) groups excluding carboxylic acids is 2. The summed E-state index contributed by atoms with van der Waals surface area (Å²) in [4.78, 5) is 33.7. The normalized spacial score (nSPS) is 12.1. The molecule has 1 aromatic heterocycles. The van der Waals surface area contributed by atoms with Crippen LogP contribution in [0.25, 0.3) is 10.8 Å². The number of pyridine rings is 1. The van der Waals surface area contributed by atoms with E-state index >= 15 is 0 Å². The van der Waals surface area contributed by atoms with E-state index in [4.69, 9.17) is 11.5 Å². The fraction of sp³-hybridized carbons (Fsp3) is 0.250. The van der Waals surface area contributed by atoms with E-state index < -0.39 is 29.6 Å². The van der Waals surface area contributed by atoms with Crippen LogP contribution >= 0.6 is 0 Å². The number of nitrogens with one attached hydrogen (secondary N) is 2. The zero-order valence-electron chi connectivity index (χ0n) is 18.7. The lowest BCUT2D eigenvalue weighted by atomic mass is 10.1. The third-order valence-electron chi connectivity index (χ3n) is 5.18. The fourth-order valence-electron chi connectivity index (χ4n) is 3.34. The van der Waals surface area contributed by atoms with Crippen molar-refractivity contribution in [2.45, 2.75) is 31.6 Å². The summed E-state index contributed by atoms with van der Waals surface area (Å²) in [6.45, 7) is 0.251. The average Bonchev–Trinajstić information content (AvgIpc) is 2.83. The van der Waals surface area contributed by atoms with Crippen LogP contribution in [0, 0.1) is 0 Å². The number of nitrogens with two attached hydrogens (primary N) is 2. The van der Waals surface area contributed by atoms with Gasteiger partial charge in [0.1, 0.15) is 11.7 Å². The number of amides is 2. The number of rotatable bonds is 9. The molecule has 0 saturated carbocycles. The number of nitrogens with zero attached hydrogens (tertiary/aromatic N) is 2. The third-order valence-corrected chi connectivity index (χ3v) is 5.18. The molecule has 0 spiro atoms. The predicted molar refractivity (Wildman–Crippen MR) is 126 cm³/mol. The molecule has 2 amide bonds. The number of aliphatic imine (C=N–C) groups is 1. The minimum Gasteiger partial charge on any atom is -0.370 e. The van der Waals surface area contributed by atoms with Crippen molar-refractivity contribution in [3.05, 3.63) is 77.6 Å². The Morgan fingerprint density at radius 1 is 1.03 bits per heavy atom. The van der Waals surface area contributed by atoms with Gasteiger partial charge in [-0.3, -0.25) is 19.6 Å². The lowest BCUT2D eigenvalue weighted by Gasteiger charge is -2.18. The summed E-state index contributed by atoms with van der Waals surface area (Å²) in [6.07, 6.45) is -2.23. The number of hydrogen-bond acceptors (Lipinski definition) is 4. The number of benzene rings is 2. The van der Waals surface area contributed by atoms with Crippen LogP contribution in [0.15, 0.2) is 65.8 Å². The van der Waals surface area contributed by atoms with Crippen LogP contribution in [-0.2, 0) is 17.5 Å². The minimum atomic E-state index is -4.44. The summed E-state index contributed by atoms with van der Waals surface area (Å²) in [6, 6.07) is 12.6. The highest BCUT2D eigenvalue weighted by Gasteiger charge is 2.30. The first-order valence-corrected chi connectivity index (χ1v) is 10.8. The van der Waals surface area contributed by atoms with Gasteiger partial charge in [0, 0.05) is 24.7 Å². The lowest BCUT2D eigenvalue weighted by Crippen LogP contribution is -2.46. The molecule has 0 unspecified atom stereocenters. The highest BCUT2D eigenvalue weighted by atomic mass is 19.4. The molecule has 0 bridgehead atoms. The van der Waals surface area contributed by atoms with Crippen molar-refractivity contribution in [2.75, 3.05) is 6.54 Å². The molecule has 0 aliphatic heterocycles. The van der Waals surface area contributed by atoms with Crippen molar-refractivity contribution >= 4 is 28.5 Å². The van der Waals surface area contributed by atoms with E-state index in [-0.39, 0.29) is 31.2 Å². The zero-order chi connectivity index (χ0) is 25.4. The molecule has 3 rings (SSSR count). The molecule has 2 aromatic carbocycles. The topological polar surface area (TPSA) is 135 Å². The van der Waals surface area contributed by atoms with Crippen LogP contribution in [0.3, 0.4) is 0 Å². The molecule has 1 atom stereocenters. The first-order chi connectivity index (χ1) is 16.6. The Hall–Kier alpha value is -4.15. The number of carbonyl (C=O) groups is 2. The summed E-state index contributed by atoms with van der Waals surface area (Å²) in [5.74, 6) is -1.12.